The number of anilines is 1. The van der Waals surface area contributed by atoms with E-state index in [0.717, 1.165) is 10.5 Å². The molecule has 1 aromatic carbocycles. The normalized spacial score (nSPS) is 11.4. The summed E-state index contributed by atoms with van der Waals surface area (Å²) in [7, 11) is 1.57. The lowest BCUT2D eigenvalue weighted by molar-refractivity contribution is 0.0559. The summed E-state index contributed by atoms with van der Waals surface area (Å²) in [5.41, 5.74) is 0.893. The van der Waals surface area contributed by atoms with Gasteiger partial charge in [0, 0.05) is 17.8 Å². The van der Waals surface area contributed by atoms with Gasteiger partial charge in [-0.3, -0.25) is 15.7 Å². The third kappa shape index (κ3) is 7.47. The number of aryl methyl sites for hydroxylation is 1. The second-order valence-electron chi connectivity index (χ2n) is 9.57. The molecule has 9 heteroatoms. The second-order valence-corrected chi connectivity index (χ2v) is 9.57. The Balaban J connectivity index is 2.56. The minimum absolute atomic E-state index is 0.389. The Labute approximate surface area is 200 Å². The zero-order valence-corrected chi connectivity index (χ0v) is 21.1. The Morgan fingerprint density at radius 3 is 2.24 bits per heavy atom. The highest BCUT2D eigenvalue weighted by Crippen LogP contribution is 2.30. The number of carbonyl (C=O) groups excluding carboxylic acids is 2. The molecule has 0 fully saturated rings. The first-order valence-corrected chi connectivity index (χ1v) is 11.0. The van der Waals surface area contributed by atoms with Crippen LogP contribution < -0.4 is 15.0 Å². The molecule has 0 aliphatic heterocycles. The Morgan fingerprint density at radius 2 is 1.68 bits per heavy atom. The molecule has 9 nitrogen and oxygen atoms in total. The average molecular weight is 471 g/mol. The molecule has 0 aliphatic carbocycles. The Morgan fingerprint density at radius 1 is 1.03 bits per heavy atom. The number of nitrogens with one attached hydrogen (secondary N) is 2. The van der Waals surface area contributed by atoms with E-state index in [1.165, 1.54) is 0 Å². The zero-order valence-electron chi connectivity index (χ0n) is 21.1. The third-order valence-electron chi connectivity index (χ3n) is 4.39. The van der Waals surface area contributed by atoms with Crippen LogP contribution in [0.25, 0.3) is 11.3 Å². The van der Waals surface area contributed by atoms with Gasteiger partial charge in [-0.25, -0.2) is 14.5 Å². The molecule has 0 bridgehead atoms. The summed E-state index contributed by atoms with van der Waals surface area (Å²) in [6, 6.07) is 8.97. The Kier molecular flexibility index (Phi) is 8.26. The standard InChI is InChI=1S/C25H34N4O5/c1-9-16-10-11-17(19-15-18(32-8)12-13-27-19)14-20(16)29(23(31)34-25(5,6)7)21(26)28-22(30)33-24(2,3)4/h10-15H,9H2,1-8H3,(H2,26,28,30). The number of carbonyl (C=O) groups is 2. The van der Waals surface area contributed by atoms with Gasteiger partial charge in [-0.05, 0) is 65.7 Å². The van der Waals surface area contributed by atoms with Crippen LogP contribution in [0.3, 0.4) is 0 Å². The number of rotatable bonds is 4. The van der Waals surface area contributed by atoms with Crippen LogP contribution in [-0.4, -0.2) is 41.4 Å². The molecule has 0 aliphatic rings. The summed E-state index contributed by atoms with van der Waals surface area (Å²) in [6.07, 6.45) is 0.535. The lowest BCUT2D eigenvalue weighted by atomic mass is 10.0. The fourth-order valence-corrected chi connectivity index (χ4v) is 3.00. The number of alkyl carbamates (subject to hydrolysis) is 1. The van der Waals surface area contributed by atoms with Gasteiger partial charge in [-0.15, -0.1) is 0 Å². The molecule has 0 radical (unpaired) electrons. The van der Waals surface area contributed by atoms with Crippen molar-refractivity contribution in [2.75, 3.05) is 12.0 Å². The molecule has 0 unspecified atom stereocenters. The molecular weight excluding hydrogens is 436 g/mol. The minimum atomic E-state index is -0.852. The average Bonchev–Trinajstić information content (AvgIpc) is 2.71. The summed E-state index contributed by atoms with van der Waals surface area (Å²) in [5, 5.41) is 10.9. The molecule has 0 atom stereocenters. The van der Waals surface area contributed by atoms with Gasteiger partial charge < -0.3 is 14.2 Å². The smallest absolute Gasteiger partial charge is 0.421 e. The van der Waals surface area contributed by atoms with Crippen molar-refractivity contribution in [3.63, 3.8) is 0 Å². The fraction of sp³-hybridized carbons (Fsp3) is 0.440. The van der Waals surface area contributed by atoms with Crippen molar-refractivity contribution in [1.82, 2.24) is 10.3 Å². The van der Waals surface area contributed by atoms with Crippen LogP contribution >= 0.6 is 0 Å². The summed E-state index contributed by atoms with van der Waals surface area (Å²) in [5.74, 6) is 0.142. The first kappa shape index (κ1) is 26.6. The number of nitrogens with zero attached hydrogens (tertiary/aromatic N) is 2. The molecule has 0 saturated heterocycles. The van der Waals surface area contributed by atoms with Gasteiger partial charge in [-0.2, -0.15) is 0 Å². The lowest BCUT2D eigenvalue weighted by Crippen LogP contribution is -2.50. The molecule has 1 heterocycles. The SMILES string of the molecule is CCc1ccc(-c2cc(OC)ccn2)cc1N(C(=N)NC(=O)OC(C)(C)C)C(=O)OC(C)(C)C. The maximum absolute atomic E-state index is 13.2. The monoisotopic (exact) mass is 470 g/mol. The highest BCUT2D eigenvalue weighted by molar-refractivity contribution is 6.16. The van der Waals surface area contributed by atoms with Gasteiger partial charge in [0.2, 0.25) is 5.96 Å². The number of benzene rings is 1. The zero-order chi connectivity index (χ0) is 25.7. The van der Waals surface area contributed by atoms with Gasteiger partial charge in [-0.1, -0.05) is 19.1 Å². The van der Waals surface area contributed by atoms with Crippen LogP contribution in [0.5, 0.6) is 5.75 Å². The molecule has 2 N–H and O–H groups in total. The van der Waals surface area contributed by atoms with E-state index in [0.29, 0.717) is 29.1 Å². The van der Waals surface area contributed by atoms with E-state index >= 15 is 0 Å². The van der Waals surface area contributed by atoms with Crippen molar-refractivity contribution >= 4 is 23.8 Å². The molecule has 34 heavy (non-hydrogen) atoms. The first-order valence-electron chi connectivity index (χ1n) is 11.0. The van der Waals surface area contributed by atoms with E-state index in [2.05, 4.69) is 10.3 Å². The highest BCUT2D eigenvalue weighted by atomic mass is 16.6. The number of amides is 2. The van der Waals surface area contributed by atoms with Gasteiger partial charge in [0.1, 0.15) is 17.0 Å². The molecule has 0 saturated carbocycles. The minimum Gasteiger partial charge on any atom is -0.497 e. The number of guanidine groups is 1. The van der Waals surface area contributed by atoms with Gasteiger partial charge in [0.25, 0.3) is 0 Å². The van der Waals surface area contributed by atoms with Crippen LogP contribution in [0.4, 0.5) is 15.3 Å². The van der Waals surface area contributed by atoms with E-state index in [4.69, 9.17) is 19.6 Å². The number of ether oxygens (including phenoxy) is 3. The van der Waals surface area contributed by atoms with Crippen molar-refractivity contribution in [3.8, 4) is 17.0 Å². The van der Waals surface area contributed by atoms with E-state index in [-0.39, 0.29) is 0 Å². The lowest BCUT2D eigenvalue weighted by Gasteiger charge is -2.29. The molecule has 2 amide bonds. The third-order valence-corrected chi connectivity index (χ3v) is 4.39. The summed E-state index contributed by atoms with van der Waals surface area (Å²) in [6.45, 7) is 12.2. The topological polar surface area (TPSA) is 114 Å². The van der Waals surface area contributed by atoms with Crippen molar-refractivity contribution < 1.29 is 23.8 Å². The predicted octanol–water partition coefficient (Wildman–Crippen LogP) is 5.52. The molecule has 2 rings (SSSR count). The maximum atomic E-state index is 13.2. The van der Waals surface area contributed by atoms with Crippen LogP contribution in [0.1, 0.15) is 54.0 Å². The van der Waals surface area contributed by atoms with Crippen molar-refractivity contribution in [2.24, 2.45) is 0 Å². The first-order chi connectivity index (χ1) is 15.7. The number of pyridine rings is 1. The van der Waals surface area contributed by atoms with Gasteiger partial charge in [0.05, 0.1) is 18.5 Å². The van der Waals surface area contributed by atoms with Crippen LogP contribution in [-0.2, 0) is 15.9 Å². The highest BCUT2D eigenvalue weighted by Gasteiger charge is 2.30. The van der Waals surface area contributed by atoms with Gasteiger partial charge in [0.15, 0.2) is 0 Å². The molecular formula is C25H34N4O5. The van der Waals surface area contributed by atoms with E-state index in [1.54, 1.807) is 73.0 Å². The number of hydrogen-bond acceptors (Lipinski definition) is 7. The summed E-state index contributed by atoms with van der Waals surface area (Å²) < 4.78 is 16.1. The van der Waals surface area contributed by atoms with Crippen LogP contribution in [0.15, 0.2) is 36.5 Å². The van der Waals surface area contributed by atoms with E-state index in [1.807, 2.05) is 19.1 Å². The molecule has 184 valence electrons. The quantitative estimate of drug-likeness (QED) is 0.449. The van der Waals surface area contributed by atoms with Crippen molar-refractivity contribution in [2.45, 2.75) is 66.1 Å². The number of hydrogen-bond donors (Lipinski definition) is 2. The second kappa shape index (κ2) is 10.5. The van der Waals surface area contributed by atoms with Crippen molar-refractivity contribution in [3.05, 3.63) is 42.1 Å². The Hall–Kier alpha value is -3.62. The predicted molar refractivity (Wildman–Crippen MR) is 131 cm³/mol. The molecule has 2 aromatic rings. The van der Waals surface area contributed by atoms with Crippen LogP contribution in [0, 0.1) is 5.41 Å². The molecule has 0 spiro atoms. The number of aromatic nitrogens is 1. The van der Waals surface area contributed by atoms with Crippen molar-refractivity contribution in [1.29, 1.82) is 5.41 Å². The molecule has 1 aromatic heterocycles. The fourth-order valence-electron chi connectivity index (χ4n) is 3.00. The number of methoxy groups -OCH3 is 1. The maximum Gasteiger partial charge on any atom is 0.421 e. The Bertz CT molecular complexity index is 1050. The van der Waals surface area contributed by atoms with Gasteiger partial charge >= 0.3 is 12.2 Å². The van der Waals surface area contributed by atoms with Crippen LogP contribution in [0.2, 0.25) is 0 Å². The summed E-state index contributed by atoms with van der Waals surface area (Å²) >= 11 is 0. The largest absolute Gasteiger partial charge is 0.497 e. The summed E-state index contributed by atoms with van der Waals surface area (Å²) in [4.78, 5) is 31.0. The van der Waals surface area contributed by atoms with E-state index in [9.17, 15) is 9.59 Å². The van der Waals surface area contributed by atoms with E-state index < -0.39 is 29.3 Å².